The maximum Gasteiger partial charge on any atom is 0.329 e. The first-order valence-corrected chi connectivity index (χ1v) is 15.6. The van der Waals surface area contributed by atoms with E-state index in [1.165, 1.54) is 12.8 Å². The summed E-state index contributed by atoms with van der Waals surface area (Å²) in [7, 11) is 0. The molecule has 2 heterocycles. The summed E-state index contributed by atoms with van der Waals surface area (Å²) >= 11 is 0. The lowest BCUT2D eigenvalue weighted by Crippen LogP contribution is -2.39. The number of nitrogens with one attached hydrogen (secondary N) is 2. The minimum Gasteiger partial charge on any atom is -0.338 e. The highest BCUT2D eigenvalue weighted by atomic mass is 16.2. The van der Waals surface area contributed by atoms with Crippen molar-refractivity contribution in [2.75, 3.05) is 26.2 Å². The van der Waals surface area contributed by atoms with Crippen molar-refractivity contribution in [1.29, 1.82) is 0 Å². The SMILES string of the molecule is CCCC(CCNC(=O)NC(c1ccccc1)c1ccccc1)n1c(=O)n(CC(C)CN2CCCC2)c2ccccc21. The molecule has 0 saturated carbocycles. The van der Waals surface area contributed by atoms with Crippen LogP contribution in [0.25, 0.3) is 11.0 Å². The Morgan fingerprint density at radius 1 is 0.810 bits per heavy atom. The van der Waals surface area contributed by atoms with E-state index in [9.17, 15) is 9.59 Å². The number of benzene rings is 3. The molecule has 3 aromatic carbocycles. The van der Waals surface area contributed by atoms with Gasteiger partial charge >= 0.3 is 11.7 Å². The van der Waals surface area contributed by atoms with Crippen molar-refractivity contribution < 1.29 is 4.79 Å². The first-order valence-electron chi connectivity index (χ1n) is 15.6. The molecule has 7 nitrogen and oxygen atoms in total. The van der Waals surface area contributed by atoms with Gasteiger partial charge in [-0.3, -0.25) is 9.13 Å². The lowest BCUT2D eigenvalue weighted by atomic mass is 9.99. The minimum atomic E-state index is -0.248. The van der Waals surface area contributed by atoms with E-state index in [0.29, 0.717) is 25.4 Å². The number of urea groups is 1. The van der Waals surface area contributed by atoms with Crippen molar-refractivity contribution in [3.8, 4) is 0 Å². The van der Waals surface area contributed by atoms with Crippen molar-refractivity contribution in [2.45, 2.75) is 64.6 Å². The summed E-state index contributed by atoms with van der Waals surface area (Å²) in [5.41, 5.74) is 4.09. The van der Waals surface area contributed by atoms with Crippen LogP contribution < -0.4 is 16.3 Å². The van der Waals surface area contributed by atoms with E-state index >= 15 is 0 Å². The van der Waals surface area contributed by atoms with Crippen molar-refractivity contribution in [3.05, 3.63) is 107 Å². The van der Waals surface area contributed by atoms with Crippen LogP contribution in [0.2, 0.25) is 0 Å². The van der Waals surface area contributed by atoms with Gasteiger partial charge in [0.25, 0.3) is 0 Å². The number of carbonyl (C=O) groups excluding carboxylic acids is 1. The van der Waals surface area contributed by atoms with Gasteiger partial charge in [0.05, 0.1) is 17.1 Å². The van der Waals surface area contributed by atoms with Gasteiger partial charge in [-0.25, -0.2) is 9.59 Å². The molecule has 7 heteroatoms. The summed E-state index contributed by atoms with van der Waals surface area (Å²) in [4.78, 5) is 29.6. The second-order valence-electron chi connectivity index (χ2n) is 11.8. The largest absolute Gasteiger partial charge is 0.338 e. The minimum absolute atomic E-state index is 0.00174. The summed E-state index contributed by atoms with van der Waals surface area (Å²) in [6, 6.07) is 27.7. The Kier molecular flexibility index (Phi) is 10.1. The molecule has 0 aliphatic carbocycles. The van der Waals surface area contributed by atoms with E-state index in [-0.39, 0.29) is 23.8 Å². The number of hydrogen-bond donors (Lipinski definition) is 2. The van der Waals surface area contributed by atoms with E-state index in [0.717, 1.165) is 54.6 Å². The Bertz CT molecular complexity index is 1430. The summed E-state index contributed by atoms with van der Waals surface area (Å²) in [5, 5.41) is 6.25. The van der Waals surface area contributed by atoms with Gasteiger partial charge in [-0.05, 0) is 68.0 Å². The molecule has 1 aliphatic heterocycles. The molecule has 1 aromatic heterocycles. The first kappa shape index (κ1) is 29.6. The van der Waals surface area contributed by atoms with Gasteiger partial charge < -0.3 is 15.5 Å². The quantitative estimate of drug-likeness (QED) is 0.198. The van der Waals surface area contributed by atoms with Crippen molar-refractivity contribution in [1.82, 2.24) is 24.7 Å². The number of carbonyl (C=O) groups is 1. The molecule has 4 aromatic rings. The fraction of sp³-hybridized carbons (Fsp3) is 0.429. The average Bonchev–Trinajstić information content (AvgIpc) is 3.62. The zero-order valence-corrected chi connectivity index (χ0v) is 25.0. The number of imidazole rings is 1. The van der Waals surface area contributed by atoms with Crippen LogP contribution in [0.3, 0.4) is 0 Å². The normalized spacial score (nSPS) is 15.2. The van der Waals surface area contributed by atoms with Gasteiger partial charge in [0.1, 0.15) is 0 Å². The molecule has 42 heavy (non-hydrogen) atoms. The smallest absolute Gasteiger partial charge is 0.329 e. The summed E-state index contributed by atoms with van der Waals surface area (Å²) < 4.78 is 3.96. The first-order chi connectivity index (χ1) is 20.5. The maximum atomic E-state index is 13.9. The van der Waals surface area contributed by atoms with Gasteiger partial charge in [-0.1, -0.05) is 93.1 Å². The summed E-state index contributed by atoms with van der Waals surface area (Å²) in [6.07, 6.45) is 5.06. The zero-order valence-electron chi connectivity index (χ0n) is 25.0. The third-order valence-electron chi connectivity index (χ3n) is 8.42. The average molecular weight is 568 g/mol. The van der Waals surface area contributed by atoms with Gasteiger partial charge in [0.2, 0.25) is 0 Å². The Hall–Kier alpha value is -3.84. The molecule has 0 radical (unpaired) electrons. The number of fused-ring (bicyclic) bond motifs is 1. The molecular formula is C35H45N5O2. The number of hydrogen-bond acceptors (Lipinski definition) is 3. The third kappa shape index (κ3) is 7.13. The van der Waals surface area contributed by atoms with Crippen molar-refractivity contribution >= 4 is 17.1 Å². The van der Waals surface area contributed by atoms with E-state index in [1.54, 1.807) is 0 Å². The standard InChI is InChI=1S/C35H45N5O2/c1-3-14-30(21-22-36-34(41)37-33(28-15-6-4-7-16-28)29-17-8-5-9-18-29)40-32-20-11-10-19-31(32)39(35(40)42)26-27(2)25-38-23-12-13-24-38/h4-11,15-20,27,30,33H,3,12-14,21-26H2,1-2H3,(H2,36,37,41). The molecule has 1 aliphatic rings. The third-order valence-corrected chi connectivity index (χ3v) is 8.42. The Labute approximate surface area is 249 Å². The Balaban J connectivity index is 1.28. The number of rotatable bonds is 13. The molecule has 0 spiro atoms. The van der Waals surface area contributed by atoms with Crippen LogP contribution in [-0.2, 0) is 6.54 Å². The van der Waals surface area contributed by atoms with Crippen LogP contribution in [0.5, 0.6) is 0 Å². The Morgan fingerprint density at radius 3 is 2.02 bits per heavy atom. The number of aromatic nitrogens is 2. The van der Waals surface area contributed by atoms with Gasteiger partial charge in [-0.2, -0.15) is 0 Å². The molecular weight excluding hydrogens is 522 g/mol. The van der Waals surface area contributed by atoms with Crippen LogP contribution in [0, 0.1) is 5.92 Å². The Morgan fingerprint density at radius 2 is 1.40 bits per heavy atom. The molecule has 1 saturated heterocycles. The number of likely N-dealkylation sites (tertiary alicyclic amines) is 1. The van der Waals surface area contributed by atoms with E-state index in [1.807, 2.05) is 81.9 Å². The fourth-order valence-corrected chi connectivity index (χ4v) is 6.46. The van der Waals surface area contributed by atoms with Crippen LogP contribution in [0.15, 0.2) is 89.7 Å². The molecule has 2 atom stereocenters. The van der Waals surface area contributed by atoms with Crippen molar-refractivity contribution in [2.24, 2.45) is 5.92 Å². The molecule has 0 bridgehead atoms. The number of para-hydroxylation sites is 2. The van der Waals surface area contributed by atoms with E-state index in [2.05, 4.69) is 41.5 Å². The van der Waals surface area contributed by atoms with Crippen LogP contribution in [0.4, 0.5) is 4.79 Å². The number of nitrogens with zero attached hydrogens (tertiary/aromatic N) is 3. The van der Waals surface area contributed by atoms with Gasteiger partial charge in [-0.15, -0.1) is 0 Å². The maximum absolute atomic E-state index is 13.9. The van der Waals surface area contributed by atoms with E-state index in [4.69, 9.17) is 0 Å². The van der Waals surface area contributed by atoms with E-state index < -0.39 is 0 Å². The van der Waals surface area contributed by atoms with Crippen LogP contribution in [0.1, 0.15) is 69.2 Å². The van der Waals surface area contributed by atoms with Crippen LogP contribution >= 0.6 is 0 Å². The predicted molar refractivity (Wildman–Crippen MR) is 171 cm³/mol. The monoisotopic (exact) mass is 567 g/mol. The summed E-state index contributed by atoms with van der Waals surface area (Å²) in [5.74, 6) is 0.386. The highest BCUT2D eigenvalue weighted by Crippen LogP contribution is 2.25. The highest BCUT2D eigenvalue weighted by Gasteiger charge is 2.23. The lowest BCUT2D eigenvalue weighted by Gasteiger charge is -2.22. The fourth-order valence-electron chi connectivity index (χ4n) is 6.46. The topological polar surface area (TPSA) is 71.3 Å². The van der Waals surface area contributed by atoms with Crippen molar-refractivity contribution in [3.63, 3.8) is 0 Å². The van der Waals surface area contributed by atoms with Gasteiger partial charge in [0, 0.05) is 25.7 Å². The molecule has 2 amide bonds. The zero-order chi connectivity index (χ0) is 29.3. The molecule has 2 N–H and O–H groups in total. The molecule has 222 valence electrons. The van der Waals surface area contributed by atoms with Crippen LogP contribution in [-0.4, -0.2) is 46.2 Å². The predicted octanol–water partition coefficient (Wildman–Crippen LogP) is 6.36. The molecule has 5 rings (SSSR count). The van der Waals surface area contributed by atoms with Gasteiger partial charge in [0.15, 0.2) is 0 Å². The second kappa shape index (κ2) is 14.4. The second-order valence-corrected chi connectivity index (χ2v) is 11.8. The lowest BCUT2D eigenvalue weighted by molar-refractivity contribution is 0.237. The molecule has 2 unspecified atom stereocenters. The molecule has 1 fully saturated rings. The highest BCUT2D eigenvalue weighted by molar-refractivity contribution is 5.76. The summed E-state index contributed by atoms with van der Waals surface area (Å²) in [6.45, 7) is 8.94. The number of amides is 2.